The number of hydrogen-bond donors (Lipinski definition) is 1. The van der Waals surface area contributed by atoms with E-state index >= 15 is 0 Å². The van der Waals surface area contributed by atoms with Crippen LogP contribution in [0.25, 0.3) is 0 Å². The van der Waals surface area contributed by atoms with Crippen molar-refractivity contribution < 1.29 is 0 Å². The maximum Gasteiger partial charge on any atom is 0.0637 e. The van der Waals surface area contributed by atoms with Crippen LogP contribution in [0.15, 0.2) is 18.5 Å². The van der Waals surface area contributed by atoms with Crippen molar-refractivity contribution in [1.29, 1.82) is 0 Å². The normalized spacial score (nSPS) is 13.1. The fourth-order valence-corrected chi connectivity index (χ4v) is 2.28. The summed E-state index contributed by atoms with van der Waals surface area (Å²) >= 11 is 6.17. The summed E-state index contributed by atoms with van der Waals surface area (Å²) in [6.07, 6.45) is 7.09. The minimum absolute atomic E-state index is 0.334. The molecule has 0 fully saturated rings. The maximum absolute atomic E-state index is 6.17. The Morgan fingerprint density at radius 2 is 2.06 bits per heavy atom. The molecule has 0 saturated carbocycles. The number of halogens is 1. The van der Waals surface area contributed by atoms with Gasteiger partial charge in [0, 0.05) is 18.4 Å². The van der Waals surface area contributed by atoms with Gasteiger partial charge in [0.25, 0.3) is 0 Å². The predicted octanol–water partition coefficient (Wildman–Crippen LogP) is 3.82. The number of pyridine rings is 1. The molecule has 1 unspecified atom stereocenters. The molecular weight excluding hydrogens is 220 g/mol. The molecule has 1 aromatic rings. The lowest BCUT2D eigenvalue weighted by atomic mass is 9.91. The van der Waals surface area contributed by atoms with Crippen LogP contribution in [-0.4, -0.2) is 12.0 Å². The van der Waals surface area contributed by atoms with Gasteiger partial charge in [0.15, 0.2) is 0 Å². The highest BCUT2D eigenvalue weighted by Crippen LogP contribution is 2.28. The summed E-state index contributed by atoms with van der Waals surface area (Å²) in [7, 11) is 1.99. The van der Waals surface area contributed by atoms with Crippen molar-refractivity contribution in [3.8, 4) is 0 Å². The predicted molar refractivity (Wildman–Crippen MR) is 69.7 cm³/mol. The molecular formula is C13H21ClN2. The standard InChI is InChI=1S/C13H21ClN2/c1-4-10(5-2)8-13(15-3)11-6-7-16-9-12(11)14/h6-7,9-10,13,15H,4-5,8H2,1-3H3. The van der Waals surface area contributed by atoms with Crippen molar-refractivity contribution >= 4 is 11.6 Å². The zero-order valence-corrected chi connectivity index (χ0v) is 11.1. The summed E-state index contributed by atoms with van der Waals surface area (Å²) in [5.41, 5.74) is 1.16. The molecule has 0 spiro atoms. The van der Waals surface area contributed by atoms with Gasteiger partial charge in [-0.05, 0) is 31.0 Å². The van der Waals surface area contributed by atoms with Gasteiger partial charge < -0.3 is 5.32 Å². The highest BCUT2D eigenvalue weighted by molar-refractivity contribution is 6.31. The van der Waals surface area contributed by atoms with E-state index in [1.165, 1.54) is 12.8 Å². The zero-order chi connectivity index (χ0) is 12.0. The highest BCUT2D eigenvalue weighted by atomic mass is 35.5. The Balaban J connectivity index is 2.78. The van der Waals surface area contributed by atoms with Crippen molar-refractivity contribution in [2.75, 3.05) is 7.05 Å². The third-order valence-electron chi connectivity index (χ3n) is 3.25. The van der Waals surface area contributed by atoms with Crippen LogP contribution in [0.1, 0.15) is 44.7 Å². The molecule has 90 valence electrons. The van der Waals surface area contributed by atoms with Crippen molar-refractivity contribution in [2.45, 2.75) is 39.2 Å². The van der Waals surface area contributed by atoms with Gasteiger partial charge in [-0.25, -0.2) is 0 Å². The topological polar surface area (TPSA) is 24.9 Å². The summed E-state index contributed by atoms with van der Waals surface area (Å²) < 4.78 is 0. The quantitative estimate of drug-likeness (QED) is 0.818. The van der Waals surface area contributed by atoms with Crippen LogP contribution in [-0.2, 0) is 0 Å². The molecule has 0 saturated heterocycles. The molecule has 2 nitrogen and oxygen atoms in total. The Labute approximate surface area is 103 Å². The van der Waals surface area contributed by atoms with Crippen LogP contribution in [0.3, 0.4) is 0 Å². The molecule has 1 aromatic heterocycles. The van der Waals surface area contributed by atoms with Crippen molar-refractivity contribution in [1.82, 2.24) is 10.3 Å². The molecule has 0 aromatic carbocycles. The van der Waals surface area contributed by atoms with E-state index in [1.54, 1.807) is 12.4 Å². The van der Waals surface area contributed by atoms with Crippen LogP contribution in [0.2, 0.25) is 5.02 Å². The Kier molecular flexibility index (Phi) is 5.78. The van der Waals surface area contributed by atoms with Gasteiger partial charge in [-0.2, -0.15) is 0 Å². The van der Waals surface area contributed by atoms with Crippen LogP contribution < -0.4 is 5.32 Å². The minimum Gasteiger partial charge on any atom is -0.313 e. The van der Waals surface area contributed by atoms with Gasteiger partial charge in [-0.15, -0.1) is 0 Å². The number of aromatic nitrogens is 1. The summed E-state index contributed by atoms with van der Waals surface area (Å²) in [6.45, 7) is 4.49. The van der Waals surface area contributed by atoms with Crippen molar-refractivity contribution in [2.24, 2.45) is 5.92 Å². The lowest BCUT2D eigenvalue weighted by Crippen LogP contribution is -2.20. The number of nitrogens with one attached hydrogen (secondary N) is 1. The lowest BCUT2D eigenvalue weighted by molar-refractivity contribution is 0.385. The summed E-state index contributed by atoms with van der Waals surface area (Å²) in [4.78, 5) is 4.02. The van der Waals surface area contributed by atoms with Gasteiger partial charge in [0.2, 0.25) is 0 Å². The minimum atomic E-state index is 0.334. The zero-order valence-electron chi connectivity index (χ0n) is 10.3. The first-order valence-electron chi connectivity index (χ1n) is 5.99. The van der Waals surface area contributed by atoms with Gasteiger partial charge in [0.1, 0.15) is 0 Å². The average Bonchev–Trinajstić information content (AvgIpc) is 2.32. The Morgan fingerprint density at radius 1 is 1.38 bits per heavy atom. The molecule has 0 radical (unpaired) electrons. The molecule has 0 aliphatic heterocycles. The molecule has 1 heterocycles. The molecule has 3 heteroatoms. The number of hydrogen-bond acceptors (Lipinski definition) is 2. The third kappa shape index (κ3) is 3.46. The molecule has 1 atom stereocenters. The first-order valence-corrected chi connectivity index (χ1v) is 6.37. The molecule has 0 aliphatic carbocycles. The fourth-order valence-electron chi connectivity index (χ4n) is 2.02. The van der Waals surface area contributed by atoms with E-state index in [0.29, 0.717) is 6.04 Å². The number of rotatable bonds is 6. The van der Waals surface area contributed by atoms with Crippen LogP contribution in [0.4, 0.5) is 0 Å². The first kappa shape index (κ1) is 13.5. The van der Waals surface area contributed by atoms with Gasteiger partial charge >= 0.3 is 0 Å². The Hall–Kier alpha value is -0.600. The van der Waals surface area contributed by atoms with E-state index < -0.39 is 0 Å². The van der Waals surface area contributed by atoms with E-state index in [4.69, 9.17) is 11.6 Å². The van der Waals surface area contributed by atoms with E-state index in [2.05, 4.69) is 24.1 Å². The highest BCUT2D eigenvalue weighted by Gasteiger charge is 2.16. The number of nitrogens with zero attached hydrogens (tertiary/aromatic N) is 1. The largest absolute Gasteiger partial charge is 0.313 e. The van der Waals surface area contributed by atoms with E-state index in [-0.39, 0.29) is 0 Å². The second-order valence-electron chi connectivity index (χ2n) is 4.16. The van der Waals surface area contributed by atoms with Gasteiger partial charge in [-0.3, -0.25) is 4.98 Å². The average molecular weight is 241 g/mol. The van der Waals surface area contributed by atoms with Crippen molar-refractivity contribution in [3.63, 3.8) is 0 Å². The van der Waals surface area contributed by atoms with Crippen LogP contribution >= 0.6 is 11.6 Å². The molecule has 0 amide bonds. The molecule has 16 heavy (non-hydrogen) atoms. The summed E-state index contributed by atoms with van der Waals surface area (Å²) in [6, 6.07) is 2.34. The lowest BCUT2D eigenvalue weighted by Gasteiger charge is -2.22. The second kappa shape index (κ2) is 6.87. The third-order valence-corrected chi connectivity index (χ3v) is 3.57. The van der Waals surface area contributed by atoms with Crippen molar-refractivity contribution in [3.05, 3.63) is 29.0 Å². The Morgan fingerprint density at radius 3 is 2.56 bits per heavy atom. The van der Waals surface area contributed by atoms with Gasteiger partial charge in [0.05, 0.1) is 5.02 Å². The van der Waals surface area contributed by atoms with E-state index in [9.17, 15) is 0 Å². The molecule has 0 aliphatic rings. The monoisotopic (exact) mass is 240 g/mol. The van der Waals surface area contributed by atoms with Gasteiger partial charge in [-0.1, -0.05) is 38.3 Å². The Bertz CT molecular complexity index is 311. The fraction of sp³-hybridized carbons (Fsp3) is 0.615. The maximum atomic E-state index is 6.17. The second-order valence-corrected chi connectivity index (χ2v) is 4.56. The summed E-state index contributed by atoms with van der Waals surface area (Å²) in [5, 5.41) is 4.10. The van der Waals surface area contributed by atoms with Crippen LogP contribution in [0.5, 0.6) is 0 Å². The smallest absolute Gasteiger partial charge is 0.0637 e. The van der Waals surface area contributed by atoms with Crippen LogP contribution in [0, 0.1) is 5.92 Å². The first-order chi connectivity index (χ1) is 7.72. The van der Waals surface area contributed by atoms with E-state index in [1.807, 2.05) is 13.1 Å². The molecule has 1 N–H and O–H groups in total. The summed E-state index contributed by atoms with van der Waals surface area (Å²) in [5.74, 6) is 0.752. The van der Waals surface area contributed by atoms with E-state index in [0.717, 1.165) is 22.9 Å². The SMILES string of the molecule is CCC(CC)CC(NC)c1ccncc1Cl. The molecule has 0 bridgehead atoms. The molecule has 1 rings (SSSR count).